The molecule has 1 aromatic heterocycles. The number of rotatable bonds is 3. The Hall–Kier alpha value is -1.07. The van der Waals surface area contributed by atoms with E-state index in [-0.39, 0.29) is 18.3 Å². The number of hydrogen-bond donors (Lipinski definition) is 1. The van der Waals surface area contributed by atoms with Crippen molar-refractivity contribution < 1.29 is 9.32 Å². The summed E-state index contributed by atoms with van der Waals surface area (Å²) >= 11 is 0. The van der Waals surface area contributed by atoms with Gasteiger partial charge in [0.25, 0.3) is 5.91 Å². The zero-order valence-corrected chi connectivity index (χ0v) is 12.5. The van der Waals surface area contributed by atoms with Gasteiger partial charge >= 0.3 is 0 Å². The molecule has 0 radical (unpaired) electrons. The minimum atomic E-state index is 0. The van der Waals surface area contributed by atoms with Crippen molar-refractivity contribution in [1.82, 2.24) is 15.4 Å². The summed E-state index contributed by atoms with van der Waals surface area (Å²) in [4.78, 5) is 14.4. The van der Waals surface area contributed by atoms with Gasteiger partial charge in [0.05, 0.1) is 5.69 Å². The summed E-state index contributed by atoms with van der Waals surface area (Å²) in [5.41, 5.74) is 1.43. The highest BCUT2D eigenvalue weighted by molar-refractivity contribution is 5.96. The number of nitrogens with zero attached hydrogens (tertiary/aromatic N) is 2. The van der Waals surface area contributed by atoms with Crippen molar-refractivity contribution in [2.45, 2.75) is 39.2 Å². The maximum Gasteiger partial charge on any atom is 0.259 e. The number of likely N-dealkylation sites (tertiary alicyclic amines) is 1. The Balaban J connectivity index is 0.00000180. The summed E-state index contributed by atoms with van der Waals surface area (Å²) in [6.45, 7) is 5.38. The maximum absolute atomic E-state index is 12.5. The number of nitrogens with one attached hydrogen (secondary N) is 1. The Labute approximate surface area is 120 Å². The Morgan fingerprint density at radius 3 is 2.95 bits per heavy atom. The van der Waals surface area contributed by atoms with Gasteiger partial charge in [0.1, 0.15) is 11.3 Å². The molecule has 2 heterocycles. The minimum absolute atomic E-state index is 0. The quantitative estimate of drug-likeness (QED) is 0.921. The van der Waals surface area contributed by atoms with Crippen molar-refractivity contribution in [2.75, 3.05) is 20.1 Å². The maximum atomic E-state index is 12.5. The second-order valence-electron chi connectivity index (χ2n) is 4.79. The average molecular weight is 288 g/mol. The monoisotopic (exact) mass is 287 g/mol. The number of likely N-dealkylation sites (N-methyl/N-ethyl adjacent to an activating group) is 1. The summed E-state index contributed by atoms with van der Waals surface area (Å²) in [6.07, 6.45) is 2.90. The number of aryl methyl sites for hydroxylation is 2. The molecule has 1 unspecified atom stereocenters. The average Bonchev–Trinajstić information content (AvgIpc) is 2.79. The molecule has 0 aliphatic carbocycles. The lowest BCUT2D eigenvalue weighted by molar-refractivity contribution is 0.0695. The molecule has 1 N–H and O–H groups in total. The predicted molar refractivity (Wildman–Crippen MR) is 75.9 cm³/mol. The van der Waals surface area contributed by atoms with Gasteiger partial charge in [-0.1, -0.05) is 12.1 Å². The summed E-state index contributed by atoms with van der Waals surface area (Å²) in [5, 5.41) is 7.20. The van der Waals surface area contributed by atoms with Crippen LogP contribution in [0.1, 0.15) is 41.6 Å². The molecule has 0 spiro atoms. The molecule has 0 aromatic carbocycles. The zero-order valence-electron chi connectivity index (χ0n) is 11.7. The van der Waals surface area contributed by atoms with Crippen molar-refractivity contribution in [2.24, 2.45) is 0 Å². The first-order valence-corrected chi connectivity index (χ1v) is 6.59. The van der Waals surface area contributed by atoms with Crippen LogP contribution in [0.5, 0.6) is 0 Å². The highest BCUT2D eigenvalue weighted by Gasteiger charge is 2.28. The minimum Gasteiger partial charge on any atom is -0.361 e. The number of hydrogen-bond acceptors (Lipinski definition) is 4. The van der Waals surface area contributed by atoms with Crippen LogP contribution in [-0.4, -0.2) is 42.1 Å². The summed E-state index contributed by atoms with van der Waals surface area (Å²) in [6, 6.07) is 0.396. The van der Waals surface area contributed by atoms with E-state index < -0.39 is 0 Å². The first-order chi connectivity index (χ1) is 8.67. The predicted octanol–water partition coefficient (Wildman–Crippen LogP) is 1.79. The Morgan fingerprint density at radius 1 is 1.58 bits per heavy atom. The number of halogens is 1. The SMILES string of the molecule is CCc1noc(C)c1C(=O)N1CCCC(NC)C1.Cl. The van der Waals surface area contributed by atoms with Crippen LogP contribution in [0.15, 0.2) is 4.52 Å². The van der Waals surface area contributed by atoms with Crippen LogP contribution in [0.2, 0.25) is 0 Å². The van der Waals surface area contributed by atoms with Gasteiger partial charge in [-0.3, -0.25) is 4.79 Å². The number of carbonyl (C=O) groups excluding carboxylic acids is 1. The van der Waals surface area contributed by atoms with Crippen LogP contribution in [-0.2, 0) is 6.42 Å². The van der Waals surface area contributed by atoms with Crippen LogP contribution in [0.25, 0.3) is 0 Å². The number of carbonyl (C=O) groups is 1. The van der Waals surface area contributed by atoms with Crippen molar-refractivity contribution in [3.05, 3.63) is 17.0 Å². The largest absolute Gasteiger partial charge is 0.361 e. The van der Waals surface area contributed by atoms with Gasteiger partial charge in [-0.15, -0.1) is 12.4 Å². The molecule has 0 saturated carbocycles. The third kappa shape index (κ3) is 3.28. The lowest BCUT2D eigenvalue weighted by Crippen LogP contribution is -2.47. The molecule has 108 valence electrons. The topological polar surface area (TPSA) is 58.4 Å². The molecule has 5 nitrogen and oxygen atoms in total. The molecule has 1 aromatic rings. The second kappa shape index (κ2) is 6.91. The van der Waals surface area contributed by atoms with E-state index in [1.807, 2.05) is 18.9 Å². The van der Waals surface area contributed by atoms with Crippen LogP contribution < -0.4 is 5.32 Å². The van der Waals surface area contributed by atoms with Gasteiger partial charge in [-0.25, -0.2) is 0 Å². The number of aromatic nitrogens is 1. The van der Waals surface area contributed by atoms with E-state index in [0.717, 1.165) is 38.0 Å². The van der Waals surface area contributed by atoms with E-state index in [9.17, 15) is 4.79 Å². The molecular weight excluding hydrogens is 266 g/mol. The lowest BCUT2D eigenvalue weighted by Gasteiger charge is -2.32. The number of piperidine rings is 1. The van der Waals surface area contributed by atoms with Crippen molar-refractivity contribution in [1.29, 1.82) is 0 Å². The van der Waals surface area contributed by atoms with Crippen molar-refractivity contribution in [3.8, 4) is 0 Å². The third-order valence-corrected chi connectivity index (χ3v) is 3.60. The molecule has 19 heavy (non-hydrogen) atoms. The smallest absolute Gasteiger partial charge is 0.259 e. The molecule has 1 saturated heterocycles. The first kappa shape index (κ1) is 16.0. The fraction of sp³-hybridized carbons (Fsp3) is 0.692. The van der Waals surface area contributed by atoms with E-state index >= 15 is 0 Å². The Morgan fingerprint density at radius 2 is 2.32 bits per heavy atom. The highest BCUT2D eigenvalue weighted by atomic mass is 35.5. The standard InChI is InChI=1S/C13H21N3O2.ClH/c1-4-11-12(9(2)18-15-11)13(17)16-7-5-6-10(8-16)14-3;/h10,14H,4-8H2,1-3H3;1H. The van der Waals surface area contributed by atoms with Crippen molar-refractivity contribution >= 4 is 18.3 Å². The van der Waals surface area contributed by atoms with Crippen molar-refractivity contribution in [3.63, 3.8) is 0 Å². The molecule has 1 amide bonds. The van der Waals surface area contributed by atoms with Crippen LogP contribution in [0.4, 0.5) is 0 Å². The molecule has 1 aliphatic heterocycles. The number of amides is 1. The molecule has 1 fully saturated rings. The van der Waals surface area contributed by atoms with Crippen LogP contribution in [0.3, 0.4) is 0 Å². The lowest BCUT2D eigenvalue weighted by atomic mass is 10.0. The normalized spacial score (nSPS) is 19.1. The summed E-state index contributed by atoms with van der Waals surface area (Å²) in [5.74, 6) is 0.689. The molecule has 2 rings (SSSR count). The van der Waals surface area contributed by atoms with Gasteiger partial charge < -0.3 is 14.7 Å². The van der Waals surface area contributed by atoms with E-state index in [2.05, 4.69) is 10.5 Å². The second-order valence-corrected chi connectivity index (χ2v) is 4.79. The van der Waals surface area contributed by atoms with Gasteiger partial charge in [-0.2, -0.15) is 0 Å². The third-order valence-electron chi connectivity index (χ3n) is 3.60. The van der Waals surface area contributed by atoms with E-state index in [0.29, 0.717) is 17.4 Å². The highest BCUT2D eigenvalue weighted by Crippen LogP contribution is 2.19. The van der Waals surface area contributed by atoms with E-state index in [4.69, 9.17) is 4.52 Å². The fourth-order valence-electron chi connectivity index (χ4n) is 2.49. The van der Waals surface area contributed by atoms with Crippen LogP contribution >= 0.6 is 12.4 Å². The molecular formula is C13H22ClN3O2. The zero-order chi connectivity index (χ0) is 13.1. The van der Waals surface area contributed by atoms with Crippen LogP contribution in [0, 0.1) is 6.92 Å². The van der Waals surface area contributed by atoms with Gasteiger partial charge in [0.2, 0.25) is 0 Å². The molecule has 0 bridgehead atoms. The van der Waals surface area contributed by atoms with Gasteiger partial charge in [-0.05, 0) is 33.2 Å². The van der Waals surface area contributed by atoms with E-state index in [1.54, 1.807) is 6.92 Å². The molecule has 1 aliphatic rings. The first-order valence-electron chi connectivity index (χ1n) is 6.59. The van der Waals surface area contributed by atoms with Gasteiger partial charge in [0.15, 0.2) is 0 Å². The van der Waals surface area contributed by atoms with Gasteiger partial charge in [0, 0.05) is 19.1 Å². The summed E-state index contributed by atoms with van der Waals surface area (Å²) in [7, 11) is 1.95. The fourth-order valence-corrected chi connectivity index (χ4v) is 2.49. The molecule has 1 atom stereocenters. The van der Waals surface area contributed by atoms with E-state index in [1.165, 1.54) is 0 Å². The summed E-state index contributed by atoms with van der Waals surface area (Å²) < 4.78 is 5.14. The molecule has 6 heteroatoms. The Kier molecular flexibility index (Phi) is 5.82. The Bertz CT molecular complexity index is 434.